The van der Waals surface area contributed by atoms with Crippen LogP contribution in [0.5, 0.6) is 11.5 Å². The molecule has 0 aliphatic carbocycles. The van der Waals surface area contributed by atoms with Crippen LogP contribution in [0.3, 0.4) is 0 Å². The monoisotopic (exact) mass is 457 g/mol. The van der Waals surface area contributed by atoms with Crippen molar-refractivity contribution in [3.8, 4) is 11.5 Å². The standard InChI is InChI=1S/C24H24ClNO6/c1-2-31-19-12-15(7-10-18(19)27)21-20(22(28)14-5-8-16(25)9-6-14)23(29)24(30)26(21)13-17-4-3-11-32-17/h5-10,12,17,21,27-28H,2-4,11,13H2,1H3/b22-20+/t17-,21+/m0/s1. The molecule has 168 valence electrons. The molecule has 1 amide bonds. The SMILES string of the molecule is CCOc1cc([C@@H]2/C(=C(\O)c3ccc(Cl)cc3)C(=O)C(=O)N2C[C@@H]2CCCO2)ccc1O. The Kier molecular flexibility index (Phi) is 6.39. The van der Waals surface area contributed by atoms with Crippen LogP contribution in [0.2, 0.25) is 5.02 Å². The molecular formula is C24H24ClNO6. The molecule has 4 rings (SSSR count). The third kappa shape index (κ3) is 4.18. The van der Waals surface area contributed by atoms with E-state index in [9.17, 15) is 19.8 Å². The number of phenolic OH excluding ortho intramolecular Hbond substituents is 1. The van der Waals surface area contributed by atoms with Crippen molar-refractivity contribution in [2.45, 2.75) is 31.9 Å². The van der Waals surface area contributed by atoms with Crippen molar-refractivity contribution in [3.63, 3.8) is 0 Å². The van der Waals surface area contributed by atoms with Gasteiger partial charge in [0, 0.05) is 23.7 Å². The van der Waals surface area contributed by atoms with E-state index in [4.69, 9.17) is 21.1 Å². The van der Waals surface area contributed by atoms with Crippen LogP contribution < -0.4 is 4.74 Å². The summed E-state index contributed by atoms with van der Waals surface area (Å²) in [5, 5.41) is 21.7. The maximum Gasteiger partial charge on any atom is 0.295 e. The third-order valence-electron chi connectivity index (χ3n) is 5.68. The van der Waals surface area contributed by atoms with Gasteiger partial charge in [0.05, 0.1) is 24.3 Å². The summed E-state index contributed by atoms with van der Waals surface area (Å²) < 4.78 is 11.2. The number of aliphatic hydroxyl groups is 1. The normalized spacial score (nSPS) is 22.5. The summed E-state index contributed by atoms with van der Waals surface area (Å²) in [6.45, 7) is 2.95. The number of rotatable bonds is 6. The number of ether oxygens (including phenoxy) is 2. The van der Waals surface area contributed by atoms with Crippen LogP contribution in [-0.2, 0) is 14.3 Å². The van der Waals surface area contributed by atoms with Crippen molar-refractivity contribution in [2.24, 2.45) is 0 Å². The molecule has 2 aromatic rings. The summed E-state index contributed by atoms with van der Waals surface area (Å²) in [4.78, 5) is 27.5. The molecule has 2 heterocycles. The van der Waals surface area contributed by atoms with Gasteiger partial charge in [0.1, 0.15) is 5.76 Å². The zero-order chi connectivity index (χ0) is 22.8. The Balaban J connectivity index is 1.84. The molecule has 2 aliphatic rings. The summed E-state index contributed by atoms with van der Waals surface area (Å²) in [5.41, 5.74) is 0.890. The molecule has 2 saturated heterocycles. The van der Waals surface area contributed by atoms with Gasteiger partial charge in [0.25, 0.3) is 11.7 Å². The second-order valence-corrected chi connectivity index (χ2v) is 8.19. The van der Waals surface area contributed by atoms with Crippen molar-refractivity contribution in [1.82, 2.24) is 4.90 Å². The highest BCUT2D eigenvalue weighted by Crippen LogP contribution is 2.42. The lowest BCUT2D eigenvalue weighted by molar-refractivity contribution is -0.140. The van der Waals surface area contributed by atoms with E-state index in [-0.39, 0.29) is 35.5 Å². The Morgan fingerprint density at radius 2 is 1.97 bits per heavy atom. The molecule has 2 atom stereocenters. The molecule has 0 spiro atoms. The van der Waals surface area contributed by atoms with E-state index in [0.29, 0.717) is 29.4 Å². The van der Waals surface area contributed by atoms with Crippen LogP contribution in [0.4, 0.5) is 0 Å². The van der Waals surface area contributed by atoms with Crippen LogP contribution in [0, 0.1) is 0 Å². The number of carbonyl (C=O) groups excluding carboxylic acids is 2. The van der Waals surface area contributed by atoms with Crippen LogP contribution in [0.25, 0.3) is 5.76 Å². The Labute approximate surface area is 190 Å². The lowest BCUT2D eigenvalue weighted by atomic mass is 9.95. The van der Waals surface area contributed by atoms with E-state index in [1.165, 1.54) is 11.0 Å². The van der Waals surface area contributed by atoms with E-state index in [1.54, 1.807) is 43.3 Å². The van der Waals surface area contributed by atoms with E-state index in [0.717, 1.165) is 12.8 Å². The van der Waals surface area contributed by atoms with Gasteiger partial charge in [0.2, 0.25) is 0 Å². The van der Waals surface area contributed by atoms with Crippen LogP contribution in [0.1, 0.15) is 36.9 Å². The molecule has 0 bridgehead atoms. The van der Waals surface area contributed by atoms with Gasteiger partial charge in [-0.2, -0.15) is 0 Å². The number of amides is 1. The van der Waals surface area contributed by atoms with Crippen LogP contribution in [0.15, 0.2) is 48.0 Å². The molecule has 7 nitrogen and oxygen atoms in total. The number of benzene rings is 2. The van der Waals surface area contributed by atoms with Crippen molar-refractivity contribution < 1.29 is 29.3 Å². The number of aromatic hydroxyl groups is 1. The van der Waals surface area contributed by atoms with Gasteiger partial charge in [-0.15, -0.1) is 0 Å². The fourth-order valence-electron chi connectivity index (χ4n) is 4.16. The van der Waals surface area contributed by atoms with Gasteiger partial charge in [-0.25, -0.2) is 0 Å². The summed E-state index contributed by atoms with van der Waals surface area (Å²) in [6, 6.07) is 10.2. The molecular weight excluding hydrogens is 434 g/mol. The topological polar surface area (TPSA) is 96.3 Å². The zero-order valence-electron chi connectivity index (χ0n) is 17.6. The van der Waals surface area contributed by atoms with E-state index >= 15 is 0 Å². The lowest BCUT2D eigenvalue weighted by Gasteiger charge is -2.27. The number of nitrogens with zero attached hydrogens (tertiary/aromatic N) is 1. The highest BCUT2D eigenvalue weighted by Gasteiger charge is 2.47. The summed E-state index contributed by atoms with van der Waals surface area (Å²) in [7, 11) is 0. The molecule has 2 fully saturated rings. The molecule has 32 heavy (non-hydrogen) atoms. The van der Waals surface area contributed by atoms with Crippen molar-refractivity contribution in [3.05, 3.63) is 64.2 Å². The van der Waals surface area contributed by atoms with Crippen molar-refractivity contribution in [1.29, 1.82) is 0 Å². The number of hydrogen-bond acceptors (Lipinski definition) is 6. The molecule has 2 aliphatic heterocycles. The molecule has 0 radical (unpaired) electrons. The molecule has 0 saturated carbocycles. The van der Waals surface area contributed by atoms with Crippen LogP contribution in [-0.4, -0.2) is 52.7 Å². The number of aliphatic hydroxyl groups excluding tert-OH is 1. The summed E-state index contributed by atoms with van der Waals surface area (Å²) >= 11 is 5.95. The van der Waals surface area contributed by atoms with Gasteiger partial charge >= 0.3 is 0 Å². The number of hydrogen-bond donors (Lipinski definition) is 2. The fraction of sp³-hybridized carbons (Fsp3) is 0.333. The van der Waals surface area contributed by atoms with Gasteiger partial charge in [0.15, 0.2) is 11.5 Å². The number of carbonyl (C=O) groups is 2. The Hall–Kier alpha value is -3.03. The molecule has 2 N–H and O–H groups in total. The number of ketones is 1. The first kappa shape index (κ1) is 22.2. The second kappa shape index (κ2) is 9.22. The molecule has 0 aromatic heterocycles. The molecule has 2 aromatic carbocycles. The minimum Gasteiger partial charge on any atom is -0.507 e. The number of halogens is 1. The predicted octanol–water partition coefficient (Wildman–Crippen LogP) is 4.05. The Morgan fingerprint density at radius 3 is 2.62 bits per heavy atom. The highest BCUT2D eigenvalue weighted by molar-refractivity contribution is 6.46. The van der Waals surface area contributed by atoms with Gasteiger partial charge in [-0.05, 0) is 61.7 Å². The molecule has 8 heteroatoms. The summed E-state index contributed by atoms with van der Waals surface area (Å²) in [5.74, 6) is -1.58. The van der Waals surface area contributed by atoms with Crippen molar-refractivity contribution in [2.75, 3.05) is 19.8 Å². The third-order valence-corrected chi connectivity index (χ3v) is 5.93. The van der Waals surface area contributed by atoms with E-state index < -0.39 is 17.7 Å². The Morgan fingerprint density at radius 1 is 1.22 bits per heavy atom. The average Bonchev–Trinajstić information content (AvgIpc) is 3.38. The maximum absolute atomic E-state index is 13.1. The van der Waals surface area contributed by atoms with E-state index in [2.05, 4.69) is 0 Å². The first-order chi connectivity index (χ1) is 15.4. The largest absolute Gasteiger partial charge is 0.507 e. The van der Waals surface area contributed by atoms with Crippen molar-refractivity contribution >= 4 is 29.1 Å². The number of phenols is 1. The smallest absolute Gasteiger partial charge is 0.295 e. The zero-order valence-corrected chi connectivity index (χ0v) is 18.3. The second-order valence-electron chi connectivity index (χ2n) is 7.75. The maximum atomic E-state index is 13.1. The summed E-state index contributed by atoms with van der Waals surface area (Å²) in [6.07, 6.45) is 1.49. The lowest BCUT2D eigenvalue weighted by Crippen LogP contribution is -2.36. The minimum absolute atomic E-state index is 0.0246. The van der Waals surface area contributed by atoms with Crippen LogP contribution >= 0.6 is 11.6 Å². The fourth-order valence-corrected chi connectivity index (χ4v) is 4.28. The highest BCUT2D eigenvalue weighted by atomic mass is 35.5. The quantitative estimate of drug-likeness (QED) is 0.386. The first-order valence-corrected chi connectivity index (χ1v) is 10.9. The van der Waals surface area contributed by atoms with Gasteiger partial charge in [-0.3, -0.25) is 9.59 Å². The predicted molar refractivity (Wildman–Crippen MR) is 119 cm³/mol. The Bertz CT molecular complexity index is 1060. The minimum atomic E-state index is -0.852. The number of Topliss-reactive ketones (excluding diaryl/α,β-unsaturated/α-hetero) is 1. The first-order valence-electron chi connectivity index (χ1n) is 10.5. The molecule has 0 unspecified atom stereocenters. The number of likely N-dealkylation sites (tertiary alicyclic amines) is 1. The average molecular weight is 458 g/mol. The van der Waals surface area contributed by atoms with E-state index in [1.807, 2.05) is 0 Å². The van der Waals surface area contributed by atoms with Gasteiger partial charge in [-0.1, -0.05) is 17.7 Å². The van der Waals surface area contributed by atoms with Gasteiger partial charge < -0.3 is 24.6 Å².